The predicted octanol–water partition coefficient (Wildman–Crippen LogP) is 6.27. The van der Waals surface area contributed by atoms with E-state index in [1.54, 1.807) is 0 Å². The second-order valence-electron chi connectivity index (χ2n) is 10.5. The van der Waals surface area contributed by atoms with Crippen molar-refractivity contribution in [3.8, 4) is 5.82 Å². The average molecular weight is 539 g/mol. The van der Waals surface area contributed by atoms with Crippen LogP contribution in [0.25, 0.3) is 5.82 Å². The highest BCUT2D eigenvalue weighted by molar-refractivity contribution is 7.80. The lowest BCUT2D eigenvalue weighted by Crippen LogP contribution is -2.29. The summed E-state index contributed by atoms with van der Waals surface area (Å²) in [4.78, 5) is 23.9. The lowest BCUT2D eigenvalue weighted by atomic mass is 9.96. The Morgan fingerprint density at radius 2 is 1.79 bits per heavy atom. The smallest absolute Gasteiger partial charge is 0.226 e. The number of rotatable bonds is 6. The van der Waals surface area contributed by atoms with Gasteiger partial charge in [-0.2, -0.15) is 0 Å². The van der Waals surface area contributed by atoms with E-state index in [4.69, 9.17) is 17.2 Å². The molecule has 0 aliphatic carbocycles. The van der Waals surface area contributed by atoms with Crippen LogP contribution in [0, 0.1) is 33.6 Å². The number of nitrogens with zero attached hydrogens (tertiary/aromatic N) is 4. The molecule has 0 radical (unpaired) electrons. The van der Waals surface area contributed by atoms with Gasteiger partial charge >= 0.3 is 0 Å². The molecule has 1 aromatic carbocycles. The number of anilines is 2. The van der Waals surface area contributed by atoms with Crippen LogP contribution < -0.4 is 15.5 Å². The molecule has 5 rings (SSSR count). The normalized spacial score (nSPS) is 17.0. The summed E-state index contributed by atoms with van der Waals surface area (Å²) in [6.07, 6.45) is 3.66. The monoisotopic (exact) mass is 538 g/mol. The van der Waals surface area contributed by atoms with Crippen LogP contribution >= 0.6 is 12.2 Å². The molecule has 4 heterocycles. The van der Waals surface area contributed by atoms with Gasteiger partial charge in [0.25, 0.3) is 0 Å². The second-order valence-corrected chi connectivity index (χ2v) is 10.9. The van der Waals surface area contributed by atoms with Crippen molar-refractivity contribution < 1.29 is 4.79 Å². The molecule has 2 N–H and O–H groups in total. The number of hydrogen-bond acceptors (Lipinski definition) is 4. The first-order valence-electron chi connectivity index (χ1n) is 13.2. The Hall–Kier alpha value is -4.04. The molecule has 8 heteroatoms. The molecule has 39 heavy (non-hydrogen) atoms. The number of thiocarbonyl (C=S) groups is 1. The molecule has 1 aliphatic heterocycles. The number of aromatic nitrogens is 3. The molecule has 0 saturated carbocycles. The Morgan fingerprint density at radius 3 is 2.46 bits per heavy atom. The number of nitrogens with one attached hydrogen (secondary N) is 2. The van der Waals surface area contributed by atoms with Gasteiger partial charge < -0.3 is 20.1 Å². The minimum Gasteiger partial charge on any atom is -0.351 e. The Labute approximate surface area is 235 Å². The molecule has 2 atom stereocenters. The second kappa shape index (κ2) is 10.6. The molecular weight excluding hydrogens is 504 g/mol. The molecule has 3 aromatic heterocycles. The number of carbonyl (C=O) groups excluding carboxylic acids is 1. The highest BCUT2D eigenvalue weighted by atomic mass is 32.1. The van der Waals surface area contributed by atoms with Crippen molar-refractivity contribution in [2.75, 3.05) is 10.2 Å². The highest BCUT2D eigenvalue weighted by Gasteiger charge is 2.42. The van der Waals surface area contributed by atoms with E-state index < -0.39 is 0 Å². The van der Waals surface area contributed by atoms with Crippen LogP contribution in [0.1, 0.15) is 59.7 Å². The van der Waals surface area contributed by atoms with Crippen molar-refractivity contribution >= 4 is 34.6 Å². The van der Waals surface area contributed by atoms with Gasteiger partial charge in [0.15, 0.2) is 5.11 Å². The SMILES string of the molecule is Cc1ccnc(-n2c(C)cc([C@@H]3[C@H](c4ccccn4)NC(=S)N3c3ccc(NC(=O)C(C)C)c(C)c3)c2C)c1. The maximum absolute atomic E-state index is 12.3. The van der Waals surface area contributed by atoms with Crippen LogP contribution in [0.15, 0.2) is 67.0 Å². The van der Waals surface area contributed by atoms with E-state index in [1.807, 2.05) is 69.6 Å². The van der Waals surface area contributed by atoms with Gasteiger partial charge in [-0.05, 0) is 105 Å². The largest absolute Gasteiger partial charge is 0.351 e. The van der Waals surface area contributed by atoms with Gasteiger partial charge in [-0.15, -0.1) is 0 Å². The standard InChI is InChI=1S/C31H34N6OS/c1-18(2)30(38)34-25-11-10-23(16-20(25)4)37-29(28(35-31(37)39)26-9-7-8-13-32-26)24-17-21(5)36(22(24)6)27-15-19(3)12-14-33-27/h7-18,28-29H,1-6H3,(H,34,38)(H,35,39)/t28-,29+/m0/s1. The van der Waals surface area contributed by atoms with Crippen LogP contribution in [0.2, 0.25) is 0 Å². The molecule has 1 aliphatic rings. The first-order valence-corrected chi connectivity index (χ1v) is 13.6. The zero-order valence-corrected chi connectivity index (χ0v) is 24.0. The highest BCUT2D eigenvalue weighted by Crippen LogP contribution is 2.44. The first kappa shape index (κ1) is 26.6. The summed E-state index contributed by atoms with van der Waals surface area (Å²) in [5.74, 6) is 0.794. The van der Waals surface area contributed by atoms with Gasteiger partial charge in [0.1, 0.15) is 5.82 Å². The Kier molecular flexibility index (Phi) is 7.23. The van der Waals surface area contributed by atoms with E-state index in [2.05, 4.69) is 64.1 Å². The fourth-order valence-corrected chi connectivity index (χ4v) is 5.59. The van der Waals surface area contributed by atoms with Gasteiger partial charge in [0.05, 0.1) is 17.8 Å². The van der Waals surface area contributed by atoms with Crippen LogP contribution in [0.3, 0.4) is 0 Å². The third kappa shape index (κ3) is 5.04. The van der Waals surface area contributed by atoms with E-state index >= 15 is 0 Å². The van der Waals surface area contributed by atoms with Crippen LogP contribution in [0.4, 0.5) is 11.4 Å². The molecule has 200 valence electrons. The summed E-state index contributed by atoms with van der Waals surface area (Å²) in [7, 11) is 0. The van der Waals surface area contributed by atoms with Crippen LogP contribution in [0.5, 0.6) is 0 Å². The molecule has 0 spiro atoms. The number of amides is 1. The quantitative estimate of drug-likeness (QED) is 0.282. The topological polar surface area (TPSA) is 75.1 Å². The summed E-state index contributed by atoms with van der Waals surface area (Å²) in [6, 6.07) is 18.1. The van der Waals surface area contributed by atoms with Crippen molar-refractivity contribution in [2.45, 2.75) is 53.6 Å². The number of carbonyl (C=O) groups is 1. The lowest BCUT2D eigenvalue weighted by Gasteiger charge is -2.29. The van der Waals surface area contributed by atoms with Crippen LogP contribution in [-0.4, -0.2) is 25.6 Å². The Balaban J connectivity index is 1.62. The molecule has 1 amide bonds. The third-order valence-electron chi connectivity index (χ3n) is 7.29. The molecular formula is C31H34N6OS. The minimum atomic E-state index is -0.154. The molecule has 0 bridgehead atoms. The van der Waals surface area contributed by atoms with Crippen molar-refractivity contribution in [1.82, 2.24) is 19.9 Å². The van der Waals surface area contributed by atoms with Crippen molar-refractivity contribution in [3.63, 3.8) is 0 Å². The van der Waals surface area contributed by atoms with E-state index in [0.29, 0.717) is 5.11 Å². The fraction of sp³-hybridized carbons (Fsp3) is 0.290. The van der Waals surface area contributed by atoms with Gasteiger partial charge in [-0.3, -0.25) is 9.78 Å². The average Bonchev–Trinajstić information content (AvgIpc) is 3.40. The lowest BCUT2D eigenvalue weighted by molar-refractivity contribution is -0.118. The molecule has 0 unspecified atom stereocenters. The fourth-order valence-electron chi connectivity index (χ4n) is 5.25. The van der Waals surface area contributed by atoms with Gasteiger partial charge in [-0.25, -0.2) is 4.98 Å². The van der Waals surface area contributed by atoms with E-state index in [1.165, 1.54) is 0 Å². The predicted molar refractivity (Wildman–Crippen MR) is 160 cm³/mol. The van der Waals surface area contributed by atoms with Crippen LogP contribution in [-0.2, 0) is 4.79 Å². The molecule has 7 nitrogen and oxygen atoms in total. The summed E-state index contributed by atoms with van der Waals surface area (Å²) in [5, 5.41) is 7.22. The number of benzene rings is 1. The number of aryl methyl sites for hydroxylation is 3. The number of pyridine rings is 2. The number of hydrogen-bond donors (Lipinski definition) is 2. The van der Waals surface area contributed by atoms with Crippen molar-refractivity contribution in [1.29, 1.82) is 0 Å². The Bertz CT molecular complexity index is 1540. The maximum Gasteiger partial charge on any atom is 0.226 e. The molecule has 1 fully saturated rings. The zero-order valence-electron chi connectivity index (χ0n) is 23.2. The van der Waals surface area contributed by atoms with Gasteiger partial charge in [0, 0.05) is 41.1 Å². The van der Waals surface area contributed by atoms with Crippen molar-refractivity contribution in [3.05, 3.63) is 101 Å². The minimum absolute atomic E-state index is 0.00509. The maximum atomic E-state index is 12.3. The zero-order chi connectivity index (χ0) is 27.8. The summed E-state index contributed by atoms with van der Waals surface area (Å²) in [5.41, 5.74) is 8.15. The Morgan fingerprint density at radius 1 is 1.00 bits per heavy atom. The first-order chi connectivity index (χ1) is 18.7. The summed E-state index contributed by atoms with van der Waals surface area (Å²) >= 11 is 5.95. The van der Waals surface area contributed by atoms with E-state index in [0.717, 1.165) is 51.0 Å². The summed E-state index contributed by atoms with van der Waals surface area (Å²) in [6.45, 7) is 12.1. The van der Waals surface area contributed by atoms with Crippen molar-refractivity contribution in [2.24, 2.45) is 5.92 Å². The van der Waals surface area contributed by atoms with Gasteiger partial charge in [0.2, 0.25) is 5.91 Å². The third-order valence-corrected chi connectivity index (χ3v) is 7.60. The van der Waals surface area contributed by atoms with E-state index in [9.17, 15) is 4.79 Å². The molecule has 1 saturated heterocycles. The van der Waals surface area contributed by atoms with Gasteiger partial charge in [-0.1, -0.05) is 19.9 Å². The molecule has 4 aromatic rings. The summed E-state index contributed by atoms with van der Waals surface area (Å²) < 4.78 is 2.20. The van der Waals surface area contributed by atoms with E-state index in [-0.39, 0.29) is 23.9 Å².